The lowest BCUT2D eigenvalue weighted by atomic mass is 10.8. The Morgan fingerprint density at radius 1 is 1.86 bits per heavy atom. The fraction of sp³-hybridized carbons (Fsp3) is 0.750. The molecule has 3 N–H and O–H groups in total. The van der Waals surface area contributed by atoms with Gasteiger partial charge in [0.25, 0.3) is 0 Å². The molecule has 0 spiro atoms. The van der Waals surface area contributed by atoms with E-state index >= 15 is 0 Å². The van der Waals surface area contributed by atoms with Crippen LogP contribution in [0.4, 0.5) is 0 Å². The van der Waals surface area contributed by atoms with Crippen LogP contribution < -0.4 is 5.73 Å². The first-order valence-corrected chi connectivity index (χ1v) is 2.01. The van der Waals surface area contributed by atoms with E-state index in [1.165, 1.54) is 0 Å². The first kappa shape index (κ1) is 9.65. The van der Waals surface area contributed by atoms with Crippen LogP contribution in [0, 0.1) is 11.3 Å². The highest BCUT2D eigenvalue weighted by molar-refractivity contribution is 4.67. The molecule has 0 saturated heterocycles. The highest BCUT2D eigenvalue weighted by atomic mass is 16.2. The van der Waals surface area contributed by atoms with Crippen molar-refractivity contribution in [2.75, 3.05) is 13.2 Å². The Morgan fingerprint density at radius 3 is 2.00 bits per heavy atom. The van der Waals surface area contributed by atoms with Crippen molar-refractivity contribution in [1.29, 1.82) is 5.26 Å². The Labute approximate surface area is 43.4 Å². The van der Waals surface area contributed by atoms with E-state index in [9.17, 15) is 0 Å². The molecular formula is C4H10N2O. The molecule has 0 saturated carbocycles. The molecule has 42 valence electrons. The minimum Gasteiger partial charge on any atom is -0.397 e. The van der Waals surface area contributed by atoms with Crippen molar-refractivity contribution in [3.05, 3.63) is 0 Å². The lowest BCUT2D eigenvalue weighted by Gasteiger charge is -1.52. The molecule has 0 radical (unpaired) electrons. The molecule has 0 aliphatic carbocycles. The van der Waals surface area contributed by atoms with Crippen LogP contribution in [0.2, 0.25) is 0 Å². The molecule has 0 unspecified atom stereocenters. The van der Waals surface area contributed by atoms with Crippen molar-refractivity contribution >= 4 is 0 Å². The summed E-state index contributed by atoms with van der Waals surface area (Å²) in [6.45, 7) is 2.06. The zero-order valence-corrected chi connectivity index (χ0v) is 4.39. The van der Waals surface area contributed by atoms with E-state index < -0.39 is 0 Å². The minimum absolute atomic E-state index is 0.125. The number of hydrogen-bond donors (Lipinski definition) is 2. The summed E-state index contributed by atoms with van der Waals surface area (Å²) in [6.07, 6.45) is 0. The zero-order chi connectivity index (χ0) is 6.12. The van der Waals surface area contributed by atoms with E-state index in [-0.39, 0.29) is 13.2 Å². The van der Waals surface area contributed by atoms with Gasteiger partial charge in [-0.05, 0) is 6.92 Å². The summed E-state index contributed by atoms with van der Waals surface area (Å²) in [6, 6.07) is 1.71. The van der Waals surface area contributed by atoms with Gasteiger partial charge in [0.05, 0.1) is 12.6 Å². The average Bonchev–Trinajstić information content (AvgIpc) is 1.69. The highest BCUT2D eigenvalue weighted by Crippen LogP contribution is 1.30. The second-order valence-corrected chi connectivity index (χ2v) is 0.678. The number of nitrogens with zero attached hydrogens (tertiary/aromatic N) is 1. The van der Waals surface area contributed by atoms with Crippen LogP contribution in [-0.4, -0.2) is 18.3 Å². The number of rotatable bonds is 0. The van der Waals surface area contributed by atoms with Crippen molar-refractivity contribution < 1.29 is 5.11 Å². The smallest absolute Gasteiger partial charge is 0.0815 e. The Morgan fingerprint density at radius 2 is 2.00 bits per heavy atom. The molecule has 0 fully saturated rings. The predicted octanol–water partition coefficient (Wildman–Crippen LogP) is -0.533. The summed E-state index contributed by atoms with van der Waals surface area (Å²) in [5, 5.41) is 15.1. The molecule has 0 aromatic rings. The number of nitriles is 1. The van der Waals surface area contributed by atoms with Gasteiger partial charge in [0.2, 0.25) is 0 Å². The number of aliphatic hydroxyl groups is 1. The van der Waals surface area contributed by atoms with Crippen LogP contribution >= 0.6 is 0 Å². The maximum atomic E-state index is 7.57. The van der Waals surface area contributed by atoms with E-state index in [1.807, 2.05) is 0 Å². The third-order valence-corrected chi connectivity index (χ3v) is 0.0913. The van der Waals surface area contributed by atoms with Crippen LogP contribution in [0.25, 0.3) is 0 Å². The van der Waals surface area contributed by atoms with Gasteiger partial charge in [0, 0.05) is 6.61 Å². The topological polar surface area (TPSA) is 70.0 Å². The molecule has 0 heterocycles. The van der Waals surface area contributed by atoms with E-state index in [2.05, 4.69) is 5.73 Å². The fourth-order valence-electron chi connectivity index (χ4n) is 0. The maximum absolute atomic E-state index is 7.57. The molecule has 0 rings (SSSR count). The average molecular weight is 102 g/mol. The third kappa shape index (κ3) is 374. The van der Waals surface area contributed by atoms with Gasteiger partial charge in [-0.1, -0.05) is 0 Å². The van der Waals surface area contributed by atoms with Gasteiger partial charge in [-0.15, -0.1) is 0 Å². The van der Waals surface area contributed by atoms with Crippen molar-refractivity contribution in [2.24, 2.45) is 5.73 Å². The van der Waals surface area contributed by atoms with Crippen LogP contribution in [0.5, 0.6) is 0 Å². The predicted molar refractivity (Wildman–Crippen MR) is 27.4 cm³/mol. The van der Waals surface area contributed by atoms with E-state index in [4.69, 9.17) is 10.4 Å². The lowest BCUT2D eigenvalue weighted by molar-refractivity contribution is 0.318. The number of aliphatic hydroxyl groups excluding tert-OH is 1. The quantitative estimate of drug-likeness (QED) is 0.404. The normalized spacial score (nSPS) is 5.43. The Bertz CT molecular complexity index is 48.1. The molecule has 0 bridgehead atoms. The van der Waals surface area contributed by atoms with E-state index in [1.54, 1.807) is 13.0 Å². The van der Waals surface area contributed by atoms with Crippen LogP contribution in [0.3, 0.4) is 0 Å². The van der Waals surface area contributed by atoms with Crippen molar-refractivity contribution in [3.8, 4) is 6.07 Å². The van der Waals surface area contributed by atoms with Gasteiger partial charge in [0.1, 0.15) is 0 Å². The summed E-state index contributed by atoms with van der Waals surface area (Å²) < 4.78 is 0. The van der Waals surface area contributed by atoms with Gasteiger partial charge in [-0.25, -0.2) is 0 Å². The molecule has 0 aromatic heterocycles. The van der Waals surface area contributed by atoms with Crippen molar-refractivity contribution in [2.45, 2.75) is 6.92 Å². The first-order chi connectivity index (χ1) is 3.33. The van der Waals surface area contributed by atoms with Gasteiger partial charge < -0.3 is 10.8 Å². The lowest BCUT2D eigenvalue weighted by Crippen LogP contribution is -1.91. The summed E-state index contributed by atoms with van der Waals surface area (Å²) in [5.41, 5.74) is 4.67. The second kappa shape index (κ2) is 18.1. The second-order valence-electron chi connectivity index (χ2n) is 0.678. The number of hydrogen-bond acceptors (Lipinski definition) is 3. The molecule has 7 heavy (non-hydrogen) atoms. The summed E-state index contributed by atoms with van der Waals surface area (Å²) in [4.78, 5) is 0. The van der Waals surface area contributed by atoms with Crippen LogP contribution in [0.1, 0.15) is 6.92 Å². The van der Waals surface area contributed by atoms with Gasteiger partial charge in [-0.3, -0.25) is 0 Å². The Kier molecular flexibility index (Phi) is 25.0. The monoisotopic (exact) mass is 102 g/mol. The van der Waals surface area contributed by atoms with Crippen LogP contribution in [0.15, 0.2) is 0 Å². The summed E-state index contributed by atoms with van der Waals surface area (Å²) in [7, 11) is 0. The van der Waals surface area contributed by atoms with Gasteiger partial charge in [-0.2, -0.15) is 5.26 Å². The molecule has 0 amide bonds. The fourth-order valence-corrected chi connectivity index (χ4v) is 0. The largest absolute Gasteiger partial charge is 0.397 e. The van der Waals surface area contributed by atoms with Crippen molar-refractivity contribution in [1.82, 2.24) is 0 Å². The first-order valence-electron chi connectivity index (χ1n) is 2.01. The summed E-state index contributed by atoms with van der Waals surface area (Å²) >= 11 is 0. The minimum atomic E-state index is 0.125. The molecule has 0 aliphatic heterocycles. The maximum Gasteiger partial charge on any atom is 0.0815 e. The Hall–Kier alpha value is -0.590. The highest BCUT2D eigenvalue weighted by Gasteiger charge is 1.48. The molecule has 0 atom stereocenters. The molecule has 0 aliphatic rings. The van der Waals surface area contributed by atoms with Crippen LogP contribution in [-0.2, 0) is 0 Å². The molecular weight excluding hydrogens is 92.1 g/mol. The van der Waals surface area contributed by atoms with E-state index in [0.29, 0.717) is 0 Å². The summed E-state index contributed by atoms with van der Waals surface area (Å²) in [5.74, 6) is 0. The van der Waals surface area contributed by atoms with Gasteiger partial charge in [0.15, 0.2) is 0 Å². The van der Waals surface area contributed by atoms with E-state index in [0.717, 1.165) is 0 Å². The van der Waals surface area contributed by atoms with Gasteiger partial charge >= 0.3 is 0 Å². The third-order valence-electron chi connectivity index (χ3n) is 0.0913. The molecule has 3 heteroatoms. The SMILES string of the molecule is CCO.N#CCN. The molecule has 3 nitrogen and oxygen atoms in total. The zero-order valence-electron chi connectivity index (χ0n) is 4.39. The Balaban J connectivity index is 0. The van der Waals surface area contributed by atoms with Crippen molar-refractivity contribution in [3.63, 3.8) is 0 Å². The molecule has 0 aromatic carbocycles. The number of nitrogens with two attached hydrogens (primary N) is 1. The standard InChI is InChI=1S/C2H4N2.C2H6O/c3-1-2-4;1-2-3/h1,3H2;3H,2H2,1H3.